The number of rotatable bonds is 5. The molecule has 2 aliphatic rings. The summed E-state index contributed by atoms with van der Waals surface area (Å²) in [5.41, 5.74) is 0.531. The molecule has 1 aliphatic carbocycles. The van der Waals surface area contributed by atoms with E-state index in [0.29, 0.717) is 37.4 Å². The molecule has 1 saturated carbocycles. The van der Waals surface area contributed by atoms with Gasteiger partial charge >= 0.3 is 5.97 Å². The van der Waals surface area contributed by atoms with Gasteiger partial charge in [0.2, 0.25) is 0 Å². The molecule has 1 aromatic heterocycles. The SMILES string of the molecule is CC1CCCCC1NC(=O)COC(=O)C1CCN(c2ccc(C#N)cn2)CC1. The molecule has 150 valence electrons. The minimum atomic E-state index is -0.292. The lowest BCUT2D eigenvalue weighted by atomic mass is 9.86. The third-order valence-electron chi connectivity index (χ3n) is 5.83. The number of nitrogens with one attached hydrogen (secondary N) is 1. The van der Waals surface area contributed by atoms with Gasteiger partial charge in [-0.05, 0) is 43.7 Å². The van der Waals surface area contributed by atoms with Gasteiger partial charge in [-0.2, -0.15) is 5.26 Å². The van der Waals surface area contributed by atoms with Crippen LogP contribution in [0.4, 0.5) is 5.82 Å². The van der Waals surface area contributed by atoms with Crippen LogP contribution in [-0.2, 0) is 14.3 Å². The molecular formula is C21H28N4O3. The summed E-state index contributed by atoms with van der Waals surface area (Å²) < 4.78 is 5.27. The largest absolute Gasteiger partial charge is 0.455 e. The standard InChI is InChI=1S/C21H28N4O3/c1-15-4-2-3-5-18(15)24-20(26)14-28-21(27)17-8-10-25(11-9-17)19-7-6-16(12-22)13-23-19/h6-7,13,15,17-18H,2-5,8-11,14H2,1H3,(H,24,26). The normalized spacial score (nSPS) is 22.9. The van der Waals surface area contributed by atoms with E-state index in [1.165, 1.54) is 6.42 Å². The van der Waals surface area contributed by atoms with Crippen molar-refractivity contribution in [2.75, 3.05) is 24.6 Å². The number of ether oxygens (including phenoxy) is 1. The van der Waals surface area contributed by atoms with Crippen molar-refractivity contribution >= 4 is 17.7 Å². The van der Waals surface area contributed by atoms with E-state index < -0.39 is 0 Å². The lowest BCUT2D eigenvalue weighted by Gasteiger charge is -2.32. The number of esters is 1. The molecule has 2 atom stereocenters. The molecule has 0 radical (unpaired) electrons. The van der Waals surface area contributed by atoms with E-state index in [2.05, 4.69) is 28.2 Å². The van der Waals surface area contributed by atoms with Gasteiger partial charge in [-0.15, -0.1) is 0 Å². The third kappa shape index (κ3) is 5.22. The lowest BCUT2D eigenvalue weighted by Crippen LogP contribution is -2.43. The van der Waals surface area contributed by atoms with Crippen LogP contribution in [0.5, 0.6) is 0 Å². The van der Waals surface area contributed by atoms with E-state index in [-0.39, 0.29) is 30.4 Å². The molecule has 1 N–H and O–H groups in total. The molecule has 0 bridgehead atoms. The number of piperidine rings is 1. The molecule has 2 unspecified atom stereocenters. The predicted octanol–water partition coefficient (Wildman–Crippen LogP) is 2.41. The van der Waals surface area contributed by atoms with Crippen molar-refractivity contribution in [3.63, 3.8) is 0 Å². The second-order valence-electron chi connectivity index (χ2n) is 7.82. The van der Waals surface area contributed by atoms with Crippen molar-refractivity contribution in [3.05, 3.63) is 23.9 Å². The number of aromatic nitrogens is 1. The number of amides is 1. The van der Waals surface area contributed by atoms with E-state index in [1.54, 1.807) is 12.3 Å². The van der Waals surface area contributed by atoms with Gasteiger partial charge in [0.15, 0.2) is 6.61 Å². The summed E-state index contributed by atoms with van der Waals surface area (Å²) in [7, 11) is 0. The second-order valence-corrected chi connectivity index (χ2v) is 7.82. The zero-order chi connectivity index (χ0) is 19.9. The van der Waals surface area contributed by atoms with Crippen molar-refractivity contribution in [2.24, 2.45) is 11.8 Å². The van der Waals surface area contributed by atoms with Crippen LogP contribution in [0.1, 0.15) is 51.0 Å². The van der Waals surface area contributed by atoms with Crippen LogP contribution in [0.15, 0.2) is 18.3 Å². The number of nitrogens with zero attached hydrogens (tertiary/aromatic N) is 3. The first-order valence-electron chi connectivity index (χ1n) is 10.1. The number of hydrogen-bond donors (Lipinski definition) is 1. The fraction of sp³-hybridized carbons (Fsp3) is 0.619. The molecule has 7 nitrogen and oxygen atoms in total. The molecule has 3 rings (SSSR count). The zero-order valence-electron chi connectivity index (χ0n) is 16.4. The smallest absolute Gasteiger partial charge is 0.309 e. The Morgan fingerprint density at radius 1 is 1.25 bits per heavy atom. The van der Waals surface area contributed by atoms with Gasteiger partial charge in [0, 0.05) is 25.3 Å². The summed E-state index contributed by atoms with van der Waals surface area (Å²) in [5, 5.41) is 11.9. The van der Waals surface area contributed by atoms with E-state index in [1.807, 2.05) is 6.07 Å². The average Bonchev–Trinajstić information content (AvgIpc) is 2.74. The molecule has 0 spiro atoms. The highest BCUT2D eigenvalue weighted by Crippen LogP contribution is 2.24. The minimum Gasteiger partial charge on any atom is -0.455 e. The van der Waals surface area contributed by atoms with Crippen LogP contribution in [0.2, 0.25) is 0 Å². The highest BCUT2D eigenvalue weighted by atomic mass is 16.5. The van der Waals surface area contributed by atoms with Gasteiger partial charge in [0.25, 0.3) is 5.91 Å². The summed E-state index contributed by atoms with van der Waals surface area (Å²) in [6.45, 7) is 3.36. The summed E-state index contributed by atoms with van der Waals surface area (Å²) in [6, 6.07) is 5.82. The Morgan fingerprint density at radius 2 is 2.00 bits per heavy atom. The van der Waals surface area contributed by atoms with E-state index in [9.17, 15) is 9.59 Å². The fourth-order valence-electron chi connectivity index (χ4n) is 4.02. The number of anilines is 1. The Balaban J connectivity index is 1.39. The van der Waals surface area contributed by atoms with Crippen LogP contribution < -0.4 is 10.2 Å². The Morgan fingerprint density at radius 3 is 2.64 bits per heavy atom. The zero-order valence-corrected chi connectivity index (χ0v) is 16.4. The minimum absolute atomic E-state index is 0.184. The number of hydrogen-bond acceptors (Lipinski definition) is 6. The maximum Gasteiger partial charge on any atom is 0.309 e. The van der Waals surface area contributed by atoms with Gasteiger partial charge in [-0.3, -0.25) is 9.59 Å². The highest BCUT2D eigenvalue weighted by Gasteiger charge is 2.28. The second kappa shape index (κ2) is 9.54. The molecule has 2 fully saturated rings. The Labute approximate surface area is 166 Å². The molecule has 1 aromatic rings. The average molecular weight is 384 g/mol. The first-order valence-corrected chi connectivity index (χ1v) is 10.1. The number of carbonyl (C=O) groups excluding carboxylic acids is 2. The lowest BCUT2D eigenvalue weighted by molar-refractivity contribution is -0.153. The van der Waals surface area contributed by atoms with Crippen LogP contribution in [-0.4, -0.2) is 42.6 Å². The molecule has 1 aliphatic heterocycles. The quantitative estimate of drug-likeness (QED) is 0.783. The van der Waals surface area contributed by atoms with Gasteiger partial charge in [0.1, 0.15) is 11.9 Å². The van der Waals surface area contributed by atoms with E-state index in [4.69, 9.17) is 10.00 Å². The van der Waals surface area contributed by atoms with Crippen molar-refractivity contribution in [1.82, 2.24) is 10.3 Å². The maximum atomic E-state index is 12.3. The topological polar surface area (TPSA) is 95.3 Å². The molecule has 1 amide bonds. The third-order valence-corrected chi connectivity index (χ3v) is 5.83. The van der Waals surface area contributed by atoms with Crippen LogP contribution in [0, 0.1) is 23.2 Å². The monoisotopic (exact) mass is 384 g/mol. The van der Waals surface area contributed by atoms with Gasteiger partial charge in [-0.1, -0.05) is 19.8 Å². The maximum absolute atomic E-state index is 12.3. The van der Waals surface area contributed by atoms with Crippen molar-refractivity contribution in [1.29, 1.82) is 5.26 Å². The molecular weight excluding hydrogens is 356 g/mol. The van der Waals surface area contributed by atoms with Crippen molar-refractivity contribution < 1.29 is 14.3 Å². The number of pyridine rings is 1. The van der Waals surface area contributed by atoms with Crippen LogP contribution >= 0.6 is 0 Å². The molecule has 7 heteroatoms. The van der Waals surface area contributed by atoms with Crippen LogP contribution in [0.25, 0.3) is 0 Å². The Bertz CT molecular complexity index is 720. The summed E-state index contributed by atoms with van der Waals surface area (Å²) in [4.78, 5) is 30.8. The van der Waals surface area contributed by atoms with Gasteiger partial charge < -0.3 is 15.0 Å². The van der Waals surface area contributed by atoms with Crippen LogP contribution in [0.3, 0.4) is 0 Å². The summed E-state index contributed by atoms with van der Waals surface area (Å²) in [6.07, 6.45) is 7.39. The Kier molecular flexibility index (Phi) is 6.85. The molecule has 1 saturated heterocycles. The summed E-state index contributed by atoms with van der Waals surface area (Å²) in [5.74, 6) is 0.613. The fourth-order valence-corrected chi connectivity index (χ4v) is 4.02. The van der Waals surface area contributed by atoms with E-state index >= 15 is 0 Å². The van der Waals surface area contributed by atoms with Gasteiger partial charge in [-0.25, -0.2) is 4.98 Å². The molecule has 2 heterocycles. The van der Waals surface area contributed by atoms with Crippen molar-refractivity contribution in [3.8, 4) is 6.07 Å². The number of carbonyl (C=O) groups is 2. The molecule has 0 aromatic carbocycles. The van der Waals surface area contributed by atoms with E-state index in [0.717, 1.165) is 25.1 Å². The first-order chi connectivity index (χ1) is 13.6. The van der Waals surface area contributed by atoms with Crippen molar-refractivity contribution in [2.45, 2.75) is 51.5 Å². The predicted molar refractivity (Wildman–Crippen MR) is 104 cm³/mol. The van der Waals surface area contributed by atoms with Gasteiger partial charge in [0.05, 0.1) is 11.5 Å². The highest BCUT2D eigenvalue weighted by molar-refractivity contribution is 5.81. The first kappa shape index (κ1) is 20.1. The molecule has 28 heavy (non-hydrogen) atoms. The Hall–Kier alpha value is -2.62. The summed E-state index contributed by atoms with van der Waals surface area (Å²) >= 11 is 0. The number of nitriles is 1.